The number of esters is 2. The Balaban J connectivity index is 1.76. The number of carbonyl (C=O) groups excluding carboxylic acids is 3. The van der Waals surface area contributed by atoms with Gasteiger partial charge in [0.2, 0.25) is 0 Å². The van der Waals surface area contributed by atoms with Gasteiger partial charge in [0.25, 0.3) is 0 Å². The zero-order valence-corrected chi connectivity index (χ0v) is 21.6. The lowest BCUT2D eigenvalue weighted by Gasteiger charge is -2.38. The highest BCUT2D eigenvalue weighted by atomic mass is 35.5. The van der Waals surface area contributed by atoms with Gasteiger partial charge in [-0.1, -0.05) is 31.5 Å². The van der Waals surface area contributed by atoms with Crippen LogP contribution < -0.4 is 9.47 Å². The average molecular weight is 510 g/mol. The monoisotopic (exact) mass is 509 g/mol. The Morgan fingerprint density at radius 1 is 1.03 bits per heavy atom. The van der Waals surface area contributed by atoms with Crippen molar-refractivity contribution in [2.24, 2.45) is 16.3 Å². The first-order valence-electron chi connectivity index (χ1n) is 11.6. The minimum Gasteiger partial charge on any atom is -0.493 e. The van der Waals surface area contributed by atoms with Crippen LogP contribution in [0.15, 0.2) is 58.7 Å². The van der Waals surface area contributed by atoms with Crippen molar-refractivity contribution in [3.05, 3.63) is 69.9 Å². The lowest BCUT2D eigenvalue weighted by atomic mass is 9.67. The van der Waals surface area contributed by atoms with E-state index in [0.717, 1.165) is 0 Å². The molecule has 0 saturated carbocycles. The van der Waals surface area contributed by atoms with Crippen molar-refractivity contribution in [1.82, 2.24) is 0 Å². The molecule has 1 aliphatic heterocycles. The Morgan fingerprint density at radius 3 is 2.36 bits per heavy atom. The topological polar surface area (TPSA) is 91.3 Å². The summed E-state index contributed by atoms with van der Waals surface area (Å²) in [4.78, 5) is 43.5. The zero-order chi connectivity index (χ0) is 26.2. The van der Waals surface area contributed by atoms with Gasteiger partial charge in [0.1, 0.15) is 5.92 Å². The number of allylic oxidation sites excluding steroid dienone is 2. The Kier molecular flexibility index (Phi) is 7.05. The number of benzene rings is 2. The number of hydrogen-bond donors (Lipinski definition) is 0. The smallest absolute Gasteiger partial charge is 0.343 e. The van der Waals surface area contributed by atoms with E-state index in [1.807, 2.05) is 13.8 Å². The second-order valence-electron chi connectivity index (χ2n) is 9.84. The molecule has 0 spiro atoms. The highest BCUT2D eigenvalue weighted by Gasteiger charge is 2.46. The lowest BCUT2D eigenvalue weighted by molar-refractivity contribution is -0.143. The van der Waals surface area contributed by atoms with Gasteiger partial charge in [0.15, 0.2) is 17.3 Å². The summed E-state index contributed by atoms with van der Waals surface area (Å²) in [6.45, 7) is 5.85. The number of hydrogen-bond acceptors (Lipinski definition) is 7. The zero-order valence-electron chi connectivity index (χ0n) is 20.9. The first-order chi connectivity index (χ1) is 17.0. The second kappa shape index (κ2) is 9.90. The van der Waals surface area contributed by atoms with Crippen LogP contribution in [0, 0.1) is 11.3 Å². The van der Waals surface area contributed by atoms with Crippen molar-refractivity contribution >= 4 is 35.0 Å². The number of ketones is 1. The maximum atomic E-state index is 13.3. The number of ether oxygens (including phenoxy) is 3. The van der Waals surface area contributed by atoms with Crippen LogP contribution >= 0.6 is 11.6 Å². The summed E-state index contributed by atoms with van der Waals surface area (Å²) in [6.07, 6.45) is 0.989. The summed E-state index contributed by atoms with van der Waals surface area (Å²) < 4.78 is 16.2. The van der Waals surface area contributed by atoms with Crippen LogP contribution in [0.1, 0.15) is 55.5 Å². The van der Waals surface area contributed by atoms with Crippen molar-refractivity contribution < 1.29 is 28.6 Å². The van der Waals surface area contributed by atoms with E-state index in [0.29, 0.717) is 51.7 Å². The number of Topliss-reactive ketones (excluding diaryl/α,β-unsaturated/α-hetero) is 1. The quantitative estimate of drug-likeness (QED) is 0.387. The second-order valence-corrected chi connectivity index (χ2v) is 10.3. The highest BCUT2D eigenvalue weighted by Crippen LogP contribution is 2.48. The van der Waals surface area contributed by atoms with Crippen LogP contribution in [-0.2, 0) is 14.3 Å². The molecule has 2 aliphatic rings. The standard InChI is InChI=1S/C28H28ClNO6/c1-15-23(27(33)35-5)24(25-19(30-15)13-28(2,3)14-20(25)31)17-8-11-21(22(12-17)34-4)36-26(32)16-6-9-18(29)10-7-16/h6-12,23-24H,13-14H2,1-5H3/t23?,24-/m0/s1. The molecule has 0 aromatic heterocycles. The third-order valence-electron chi connectivity index (χ3n) is 6.59. The fourth-order valence-corrected chi connectivity index (χ4v) is 5.07. The van der Waals surface area contributed by atoms with Gasteiger partial charge in [-0.3, -0.25) is 14.6 Å². The van der Waals surface area contributed by atoms with Crippen LogP contribution in [0.2, 0.25) is 5.02 Å². The molecule has 36 heavy (non-hydrogen) atoms. The Hall–Kier alpha value is -3.45. The van der Waals surface area contributed by atoms with E-state index in [1.165, 1.54) is 14.2 Å². The van der Waals surface area contributed by atoms with E-state index in [-0.39, 0.29) is 16.9 Å². The fourth-order valence-electron chi connectivity index (χ4n) is 4.94. The molecule has 0 fully saturated rings. The summed E-state index contributed by atoms with van der Waals surface area (Å²) in [5.41, 5.74) is 2.61. The SMILES string of the molecule is COC(=O)C1C(C)=NC2=C(C(=O)CC(C)(C)C2)[C@H]1c1ccc(OC(=O)c2ccc(Cl)cc2)c(OC)c1. The lowest BCUT2D eigenvalue weighted by Crippen LogP contribution is -2.39. The molecule has 2 aromatic carbocycles. The largest absolute Gasteiger partial charge is 0.493 e. The molecule has 7 nitrogen and oxygen atoms in total. The molecule has 188 valence electrons. The maximum Gasteiger partial charge on any atom is 0.343 e. The summed E-state index contributed by atoms with van der Waals surface area (Å²) in [5, 5.41) is 0.509. The normalized spacial score (nSPS) is 20.8. The molecular formula is C28H28ClNO6. The molecule has 1 aliphatic carbocycles. The number of rotatable bonds is 5. The van der Waals surface area contributed by atoms with Crippen molar-refractivity contribution in [2.75, 3.05) is 14.2 Å². The van der Waals surface area contributed by atoms with E-state index in [1.54, 1.807) is 49.4 Å². The van der Waals surface area contributed by atoms with E-state index in [4.69, 9.17) is 25.8 Å². The average Bonchev–Trinajstić information content (AvgIpc) is 2.82. The molecule has 4 rings (SSSR count). The number of methoxy groups -OCH3 is 2. The van der Waals surface area contributed by atoms with Crippen LogP contribution in [0.5, 0.6) is 11.5 Å². The van der Waals surface area contributed by atoms with Gasteiger partial charge < -0.3 is 14.2 Å². The third kappa shape index (κ3) is 4.93. The first-order valence-corrected chi connectivity index (χ1v) is 12.0. The minimum absolute atomic E-state index is 0.0337. The van der Waals surface area contributed by atoms with Gasteiger partial charge in [-0.25, -0.2) is 4.79 Å². The van der Waals surface area contributed by atoms with E-state index in [9.17, 15) is 14.4 Å². The minimum atomic E-state index is -0.758. The summed E-state index contributed by atoms with van der Waals surface area (Å²) in [7, 11) is 2.78. The highest BCUT2D eigenvalue weighted by molar-refractivity contribution is 6.30. The maximum absolute atomic E-state index is 13.3. The number of aliphatic imine (C=N–C) groups is 1. The first kappa shape index (κ1) is 25.6. The summed E-state index contributed by atoms with van der Waals surface area (Å²) in [5.74, 6) is -1.92. The van der Waals surface area contributed by atoms with Gasteiger partial charge in [-0.15, -0.1) is 0 Å². The Morgan fingerprint density at radius 2 is 1.72 bits per heavy atom. The van der Waals surface area contributed by atoms with Crippen LogP contribution in [0.25, 0.3) is 0 Å². The number of nitrogens with zero attached hydrogens (tertiary/aromatic N) is 1. The Labute approximate surface area is 215 Å². The molecule has 0 N–H and O–H groups in total. The van der Waals surface area contributed by atoms with Gasteiger partial charge in [-0.05, 0) is 60.7 Å². The molecule has 8 heteroatoms. The van der Waals surface area contributed by atoms with Crippen LogP contribution in [0.4, 0.5) is 0 Å². The third-order valence-corrected chi connectivity index (χ3v) is 6.84. The molecule has 1 heterocycles. The van der Waals surface area contributed by atoms with Gasteiger partial charge >= 0.3 is 11.9 Å². The molecule has 0 radical (unpaired) electrons. The van der Waals surface area contributed by atoms with Crippen molar-refractivity contribution in [3.8, 4) is 11.5 Å². The van der Waals surface area contributed by atoms with Gasteiger partial charge in [-0.2, -0.15) is 0 Å². The summed E-state index contributed by atoms with van der Waals surface area (Å²) in [6, 6.07) is 11.4. The molecule has 2 atom stereocenters. The summed E-state index contributed by atoms with van der Waals surface area (Å²) >= 11 is 5.90. The fraction of sp³-hybridized carbons (Fsp3) is 0.357. The van der Waals surface area contributed by atoms with Crippen LogP contribution in [-0.4, -0.2) is 37.7 Å². The molecule has 2 aromatic rings. The predicted molar refractivity (Wildman–Crippen MR) is 136 cm³/mol. The molecular weight excluding hydrogens is 482 g/mol. The molecule has 1 unspecified atom stereocenters. The van der Waals surface area contributed by atoms with Crippen molar-refractivity contribution in [1.29, 1.82) is 0 Å². The Bertz CT molecular complexity index is 1290. The molecule has 0 amide bonds. The van der Waals surface area contributed by atoms with Gasteiger partial charge in [0.05, 0.1) is 19.8 Å². The molecule has 0 bridgehead atoms. The predicted octanol–water partition coefficient (Wildman–Crippen LogP) is 5.56. The molecule has 0 saturated heterocycles. The van der Waals surface area contributed by atoms with Gasteiger partial charge in [0, 0.05) is 34.3 Å². The van der Waals surface area contributed by atoms with Crippen molar-refractivity contribution in [2.45, 2.75) is 39.5 Å². The number of carbonyl (C=O) groups is 3. The van der Waals surface area contributed by atoms with E-state index < -0.39 is 23.8 Å². The number of halogens is 1. The van der Waals surface area contributed by atoms with E-state index in [2.05, 4.69) is 4.99 Å². The van der Waals surface area contributed by atoms with Crippen LogP contribution in [0.3, 0.4) is 0 Å². The van der Waals surface area contributed by atoms with Crippen molar-refractivity contribution in [3.63, 3.8) is 0 Å². The van der Waals surface area contributed by atoms with E-state index >= 15 is 0 Å².